The standard InChI is InChI=1S/C17H16N2O/c1-12-15(11-18-13-7-3-2-4-8-13)17(20)14-9-5-6-10-16(14)19-12/h2-10,18H,11H2,1H3,(H,19,20). The highest BCUT2D eigenvalue weighted by atomic mass is 16.1. The monoisotopic (exact) mass is 264 g/mol. The second-order valence-electron chi connectivity index (χ2n) is 4.82. The summed E-state index contributed by atoms with van der Waals surface area (Å²) < 4.78 is 0. The van der Waals surface area contributed by atoms with Gasteiger partial charge in [0.2, 0.25) is 0 Å². The van der Waals surface area contributed by atoms with Crippen molar-refractivity contribution in [3.63, 3.8) is 0 Å². The van der Waals surface area contributed by atoms with Crippen LogP contribution in [0, 0.1) is 6.92 Å². The van der Waals surface area contributed by atoms with E-state index in [1.54, 1.807) is 0 Å². The van der Waals surface area contributed by atoms with Crippen LogP contribution in [-0.4, -0.2) is 4.98 Å². The molecular formula is C17H16N2O. The van der Waals surface area contributed by atoms with E-state index in [1.165, 1.54) is 0 Å². The molecule has 0 amide bonds. The van der Waals surface area contributed by atoms with Crippen molar-refractivity contribution >= 4 is 16.6 Å². The summed E-state index contributed by atoms with van der Waals surface area (Å²) >= 11 is 0. The number of hydrogen-bond donors (Lipinski definition) is 2. The largest absolute Gasteiger partial charge is 0.381 e. The van der Waals surface area contributed by atoms with Crippen LogP contribution in [0.3, 0.4) is 0 Å². The molecule has 0 radical (unpaired) electrons. The molecular weight excluding hydrogens is 248 g/mol. The smallest absolute Gasteiger partial charge is 0.194 e. The first-order valence-electron chi connectivity index (χ1n) is 6.65. The topological polar surface area (TPSA) is 44.9 Å². The van der Waals surface area contributed by atoms with Crippen molar-refractivity contribution in [1.29, 1.82) is 0 Å². The average Bonchev–Trinajstić information content (AvgIpc) is 2.48. The van der Waals surface area contributed by atoms with Crippen LogP contribution in [0.5, 0.6) is 0 Å². The third-order valence-corrected chi connectivity index (χ3v) is 3.46. The van der Waals surface area contributed by atoms with Crippen LogP contribution in [0.1, 0.15) is 11.3 Å². The Bertz CT molecular complexity index is 791. The second kappa shape index (κ2) is 5.21. The number of benzene rings is 2. The molecule has 0 atom stereocenters. The Hall–Kier alpha value is -2.55. The van der Waals surface area contributed by atoms with Gasteiger partial charge in [0.1, 0.15) is 0 Å². The third-order valence-electron chi connectivity index (χ3n) is 3.46. The molecule has 1 heterocycles. The first-order valence-corrected chi connectivity index (χ1v) is 6.65. The van der Waals surface area contributed by atoms with E-state index in [4.69, 9.17) is 0 Å². The highest BCUT2D eigenvalue weighted by molar-refractivity contribution is 5.79. The minimum Gasteiger partial charge on any atom is -0.381 e. The summed E-state index contributed by atoms with van der Waals surface area (Å²) in [5, 5.41) is 4.03. The molecule has 2 N–H and O–H groups in total. The zero-order chi connectivity index (χ0) is 13.9. The summed E-state index contributed by atoms with van der Waals surface area (Å²) in [6.45, 7) is 2.46. The number of hydrogen-bond acceptors (Lipinski definition) is 2. The van der Waals surface area contributed by atoms with Gasteiger partial charge in [0.05, 0.1) is 0 Å². The van der Waals surface area contributed by atoms with Gasteiger partial charge in [0.25, 0.3) is 0 Å². The van der Waals surface area contributed by atoms with Crippen molar-refractivity contribution < 1.29 is 0 Å². The maximum atomic E-state index is 12.5. The number of aromatic amines is 1. The van der Waals surface area contributed by atoms with Crippen LogP contribution in [-0.2, 0) is 6.54 Å². The van der Waals surface area contributed by atoms with E-state index in [9.17, 15) is 4.79 Å². The van der Waals surface area contributed by atoms with Gasteiger partial charge >= 0.3 is 0 Å². The predicted octanol–water partition coefficient (Wildman–Crippen LogP) is 3.45. The summed E-state index contributed by atoms with van der Waals surface area (Å²) in [5.41, 5.74) is 3.70. The number of rotatable bonds is 3. The fourth-order valence-corrected chi connectivity index (χ4v) is 2.36. The van der Waals surface area contributed by atoms with Crippen LogP contribution in [0.4, 0.5) is 5.69 Å². The molecule has 0 aliphatic carbocycles. The number of anilines is 1. The fourth-order valence-electron chi connectivity index (χ4n) is 2.36. The van der Waals surface area contributed by atoms with Gasteiger partial charge in [0.15, 0.2) is 5.43 Å². The Morgan fingerprint density at radius 2 is 1.70 bits per heavy atom. The summed E-state index contributed by atoms with van der Waals surface area (Å²) in [7, 11) is 0. The van der Waals surface area contributed by atoms with Gasteiger partial charge < -0.3 is 10.3 Å². The molecule has 0 aliphatic rings. The molecule has 0 saturated carbocycles. The quantitative estimate of drug-likeness (QED) is 0.761. The normalized spacial score (nSPS) is 10.7. The minimum absolute atomic E-state index is 0.0975. The number of fused-ring (bicyclic) bond motifs is 1. The van der Waals surface area contributed by atoms with Crippen molar-refractivity contribution in [1.82, 2.24) is 4.98 Å². The minimum atomic E-state index is 0.0975. The van der Waals surface area contributed by atoms with Crippen LogP contribution in [0.25, 0.3) is 10.9 Å². The molecule has 100 valence electrons. The molecule has 20 heavy (non-hydrogen) atoms. The SMILES string of the molecule is Cc1[nH]c2ccccc2c(=O)c1CNc1ccccc1. The third kappa shape index (κ3) is 2.30. The summed E-state index contributed by atoms with van der Waals surface area (Å²) in [5.74, 6) is 0. The highest BCUT2D eigenvalue weighted by Crippen LogP contribution is 2.12. The molecule has 0 fully saturated rings. The van der Waals surface area contributed by atoms with E-state index in [0.717, 1.165) is 27.8 Å². The van der Waals surface area contributed by atoms with E-state index in [-0.39, 0.29) is 5.43 Å². The Kier molecular flexibility index (Phi) is 3.25. The van der Waals surface area contributed by atoms with Crippen LogP contribution in [0.15, 0.2) is 59.4 Å². The molecule has 0 saturated heterocycles. The predicted molar refractivity (Wildman–Crippen MR) is 83.1 cm³/mol. The van der Waals surface area contributed by atoms with E-state index >= 15 is 0 Å². The molecule has 3 aromatic rings. The molecule has 1 aromatic heterocycles. The zero-order valence-corrected chi connectivity index (χ0v) is 11.3. The maximum Gasteiger partial charge on any atom is 0.194 e. The number of aryl methyl sites for hydroxylation is 1. The van der Waals surface area contributed by atoms with E-state index in [1.807, 2.05) is 61.5 Å². The van der Waals surface area contributed by atoms with Crippen LogP contribution >= 0.6 is 0 Å². The summed E-state index contributed by atoms with van der Waals surface area (Å²) in [6.07, 6.45) is 0. The molecule has 3 rings (SSSR count). The van der Waals surface area contributed by atoms with Crippen molar-refractivity contribution in [2.24, 2.45) is 0 Å². The lowest BCUT2D eigenvalue weighted by Crippen LogP contribution is -2.16. The lowest BCUT2D eigenvalue weighted by Gasteiger charge is -2.10. The molecule has 2 aromatic carbocycles. The first kappa shape index (κ1) is 12.5. The van der Waals surface area contributed by atoms with Gasteiger partial charge in [-0.05, 0) is 31.2 Å². The number of H-pyrrole nitrogens is 1. The van der Waals surface area contributed by atoms with E-state index in [0.29, 0.717) is 6.54 Å². The molecule has 3 heteroatoms. The molecule has 0 bridgehead atoms. The number of pyridine rings is 1. The molecule has 0 spiro atoms. The Morgan fingerprint density at radius 3 is 2.50 bits per heavy atom. The lowest BCUT2D eigenvalue weighted by atomic mass is 10.1. The van der Waals surface area contributed by atoms with Gasteiger partial charge in [-0.3, -0.25) is 4.79 Å². The Morgan fingerprint density at radius 1 is 1.00 bits per heavy atom. The second-order valence-corrected chi connectivity index (χ2v) is 4.82. The van der Waals surface area contributed by atoms with E-state index < -0.39 is 0 Å². The average molecular weight is 264 g/mol. The van der Waals surface area contributed by atoms with Gasteiger partial charge in [-0.15, -0.1) is 0 Å². The molecule has 0 unspecified atom stereocenters. The van der Waals surface area contributed by atoms with Crippen molar-refractivity contribution in [2.45, 2.75) is 13.5 Å². The molecule has 3 nitrogen and oxygen atoms in total. The highest BCUT2D eigenvalue weighted by Gasteiger charge is 2.08. The van der Waals surface area contributed by atoms with Crippen LogP contribution < -0.4 is 10.7 Å². The summed E-state index contributed by atoms with van der Waals surface area (Å²) in [6, 6.07) is 17.5. The van der Waals surface area contributed by atoms with Gasteiger partial charge in [-0.25, -0.2) is 0 Å². The zero-order valence-electron chi connectivity index (χ0n) is 11.3. The Labute approximate surface area is 117 Å². The van der Waals surface area contributed by atoms with Crippen molar-refractivity contribution in [3.05, 3.63) is 76.1 Å². The van der Waals surface area contributed by atoms with Crippen molar-refractivity contribution in [2.75, 3.05) is 5.32 Å². The molecule has 0 aliphatic heterocycles. The van der Waals surface area contributed by atoms with Gasteiger partial charge in [-0.1, -0.05) is 30.3 Å². The Balaban J connectivity index is 1.97. The van der Waals surface area contributed by atoms with Gasteiger partial charge in [-0.2, -0.15) is 0 Å². The van der Waals surface area contributed by atoms with Gasteiger partial charge in [0, 0.05) is 34.4 Å². The van der Waals surface area contributed by atoms with Crippen LogP contribution in [0.2, 0.25) is 0 Å². The number of nitrogens with one attached hydrogen (secondary N) is 2. The van der Waals surface area contributed by atoms with Crippen molar-refractivity contribution in [3.8, 4) is 0 Å². The number of para-hydroxylation sites is 2. The first-order chi connectivity index (χ1) is 9.75. The lowest BCUT2D eigenvalue weighted by molar-refractivity contribution is 1.06. The van der Waals surface area contributed by atoms with E-state index in [2.05, 4.69) is 10.3 Å². The maximum absolute atomic E-state index is 12.5. The summed E-state index contributed by atoms with van der Waals surface area (Å²) in [4.78, 5) is 15.8. The fraction of sp³-hybridized carbons (Fsp3) is 0.118. The number of aromatic nitrogens is 1.